The average molecular weight is 449 g/mol. The molecule has 0 amide bonds. The van der Waals surface area contributed by atoms with E-state index in [1.807, 2.05) is 0 Å². The molecule has 0 bridgehead atoms. The zero-order valence-electron chi connectivity index (χ0n) is 19.8. The van der Waals surface area contributed by atoms with E-state index in [0.29, 0.717) is 0 Å². The molecule has 32 heavy (non-hydrogen) atoms. The summed E-state index contributed by atoms with van der Waals surface area (Å²) in [5.74, 6) is -4.12. The first-order chi connectivity index (χ1) is 14.6. The summed E-state index contributed by atoms with van der Waals surface area (Å²) in [5, 5.41) is 35.7. The number of rotatable bonds is 7. The van der Waals surface area contributed by atoms with E-state index in [-0.39, 0.29) is 0 Å². The molecule has 0 aliphatic carbocycles. The van der Waals surface area contributed by atoms with E-state index in [9.17, 15) is 19.8 Å². The third-order valence-electron chi connectivity index (χ3n) is 3.78. The molecule has 2 unspecified atom stereocenters. The fourth-order valence-electron chi connectivity index (χ4n) is 2.52. The lowest BCUT2D eigenvalue weighted by molar-refractivity contribution is -0.884. The van der Waals surface area contributed by atoms with Gasteiger partial charge in [0.05, 0.1) is 54.2 Å². The minimum atomic E-state index is -2.44. The van der Waals surface area contributed by atoms with Crippen molar-refractivity contribution in [2.45, 2.75) is 25.3 Å². The number of carbonyl (C=O) groups is 2. The summed E-state index contributed by atoms with van der Waals surface area (Å²) in [6.07, 6.45) is -4.88. The lowest BCUT2D eigenvalue weighted by atomic mass is 10.2. The highest BCUT2D eigenvalue weighted by Crippen LogP contribution is 2.06. The van der Waals surface area contributed by atoms with Gasteiger partial charge in [0.25, 0.3) is 0 Å². The molecule has 0 radical (unpaired) electrons. The molecule has 8 heteroatoms. The maximum absolute atomic E-state index is 9.63. The molecule has 2 N–H and O–H groups in total. The molecule has 8 nitrogen and oxygen atoms in total. The van der Waals surface area contributed by atoms with Crippen molar-refractivity contribution in [3.05, 3.63) is 71.8 Å². The van der Waals surface area contributed by atoms with Gasteiger partial charge in [-0.1, -0.05) is 60.7 Å². The van der Waals surface area contributed by atoms with Crippen molar-refractivity contribution >= 4 is 11.9 Å². The van der Waals surface area contributed by atoms with E-state index in [2.05, 4.69) is 103 Å². The Morgan fingerprint density at radius 2 is 0.906 bits per heavy atom. The molecule has 2 atom stereocenters. The van der Waals surface area contributed by atoms with Gasteiger partial charge in [-0.05, 0) is 0 Å². The number of hydrogen-bond donors (Lipinski definition) is 2. The van der Waals surface area contributed by atoms with Gasteiger partial charge < -0.3 is 39.0 Å². The molecule has 2 aromatic rings. The number of aliphatic hydroxyl groups excluding tert-OH is 2. The Morgan fingerprint density at radius 1 is 0.656 bits per heavy atom. The van der Waals surface area contributed by atoms with E-state index in [1.54, 1.807) is 0 Å². The second kappa shape index (κ2) is 13.6. The first-order valence-electron chi connectivity index (χ1n) is 10.1. The smallest absolute Gasteiger partial charge is 0.124 e. The number of aliphatic carboxylic acids is 2. The van der Waals surface area contributed by atoms with Crippen molar-refractivity contribution in [2.24, 2.45) is 0 Å². The molecule has 0 aromatic heterocycles. The van der Waals surface area contributed by atoms with Gasteiger partial charge in [0, 0.05) is 11.1 Å². The van der Waals surface area contributed by atoms with Crippen LogP contribution in [-0.4, -0.2) is 85.6 Å². The molecule has 0 spiro atoms. The molecule has 2 rings (SSSR count). The first kappa shape index (κ1) is 29.2. The number of carboxylic acid groups (broad SMARTS) is 2. The van der Waals surface area contributed by atoms with Crippen molar-refractivity contribution < 1.29 is 39.0 Å². The maximum Gasteiger partial charge on any atom is 0.124 e. The van der Waals surface area contributed by atoms with E-state index in [0.717, 1.165) is 22.1 Å². The Kier molecular flexibility index (Phi) is 12.4. The van der Waals surface area contributed by atoms with Crippen LogP contribution in [0.15, 0.2) is 60.7 Å². The van der Waals surface area contributed by atoms with Crippen LogP contribution in [0, 0.1) is 0 Å². The van der Waals surface area contributed by atoms with Crippen molar-refractivity contribution in [3.63, 3.8) is 0 Å². The summed E-state index contributed by atoms with van der Waals surface area (Å²) in [4.78, 5) is 19.3. The predicted molar refractivity (Wildman–Crippen MR) is 118 cm³/mol. The zero-order chi connectivity index (χ0) is 24.9. The van der Waals surface area contributed by atoms with Crippen LogP contribution in [0.1, 0.15) is 11.1 Å². The predicted octanol–water partition coefficient (Wildman–Crippen LogP) is -1.01. The molecule has 2 aromatic carbocycles. The number of nitrogens with zero attached hydrogens (tertiary/aromatic N) is 2. The maximum atomic E-state index is 9.63. The number of carbonyl (C=O) groups excluding carboxylic acids is 2. The molecule has 0 heterocycles. The van der Waals surface area contributed by atoms with Crippen LogP contribution in [0.2, 0.25) is 0 Å². The topological polar surface area (TPSA) is 121 Å². The molecule has 0 aliphatic rings. The SMILES string of the molecule is C[N+](C)(C)Cc1ccccc1.C[N+](C)(C)Cc1ccccc1.O=C([O-])C(O)C(O)C(=O)[O-]. The monoisotopic (exact) mass is 448 g/mol. The number of aliphatic hydroxyl groups is 2. The minimum Gasteiger partial charge on any atom is -0.547 e. The van der Waals surface area contributed by atoms with Gasteiger partial charge in [-0.25, -0.2) is 0 Å². The van der Waals surface area contributed by atoms with Crippen LogP contribution in [0.5, 0.6) is 0 Å². The average Bonchev–Trinajstić information content (AvgIpc) is 2.66. The quantitative estimate of drug-likeness (QED) is 0.524. The molecular weight excluding hydrogens is 412 g/mol. The zero-order valence-corrected chi connectivity index (χ0v) is 19.8. The highest BCUT2D eigenvalue weighted by atomic mass is 16.4. The van der Waals surface area contributed by atoms with Crippen LogP contribution < -0.4 is 10.2 Å². The van der Waals surface area contributed by atoms with E-state index in [1.165, 1.54) is 11.1 Å². The minimum absolute atomic E-state index is 0.990. The fourth-order valence-corrected chi connectivity index (χ4v) is 2.52. The van der Waals surface area contributed by atoms with Crippen LogP contribution in [-0.2, 0) is 22.7 Å². The van der Waals surface area contributed by atoms with Crippen LogP contribution in [0.25, 0.3) is 0 Å². The standard InChI is InChI=1S/2C10H16N.C4H6O6/c2*1-11(2,3)9-10-7-5-4-6-8-10;5-1(3(7)8)2(6)4(9)10/h2*4-8H,9H2,1-3H3;1-2,5-6H,(H,7,8)(H,9,10)/q2*+1;/p-2. The third-order valence-corrected chi connectivity index (χ3v) is 3.78. The summed E-state index contributed by atoms with van der Waals surface area (Å²) in [6, 6.07) is 21.1. The molecular formula is C24H36N2O6. The van der Waals surface area contributed by atoms with Crippen molar-refractivity contribution in [3.8, 4) is 0 Å². The molecule has 0 fully saturated rings. The van der Waals surface area contributed by atoms with Gasteiger partial charge in [-0.3, -0.25) is 0 Å². The van der Waals surface area contributed by atoms with E-state index in [4.69, 9.17) is 10.2 Å². The number of benzene rings is 2. The van der Waals surface area contributed by atoms with Gasteiger partial charge >= 0.3 is 0 Å². The largest absolute Gasteiger partial charge is 0.547 e. The Bertz CT molecular complexity index is 729. The molecule has 0 aliphatic heterocycles. The lowest BCUT2D eigenvalue weighted by Crippen LogP contribution is -2.51. The molecule has 0 saturated carbocycles. The second-order valence-corrected chi connectivity index (χ2v) is 9.40. The van der Waals surface area contributed by atoms with Crippen molar-refractivity contribution in [1.29, 1.82) is 0 Å². The van der Waals surface area contributed by atoms with Crippen molar-refractivity contribution in [2.75, 3.05) is 42.3 Å². The molecule has 0 saturated heterocycles. The first-order valence-corrected chi connectivity index (χ1v) is 10.1. The van der Waals surface area contributed by atoms with Crippen LogP contribution in [0.3, 0.4) is 0 Å². The summed E-state index contributed by atoms with van der Waals surface area (Å²) < 4.78 is 1.98. The Balaban J connectivity index is 0.000000452. The third kappa shape index (κ3) is 15.1. The van der Waals surface area contributed by atoms with Gasteiger partial charge in [-0.15, -0.1) is 0 Å². The van der Waals surface area contributed by atoms with Crippen LogP contribution in [0.4, 0.5) is 0 Å². The Labute approximate surface area is 190 Å². The number of carboxylic acids is 2. The van der Waals surface area contributed by atoms with E-state index < -0.39 is 24.1 Å². The number of quaternary nitrogens is 2. The van der Waals surface area contributed by atoms with E-state index >= 15 is 0 Å². The lowest BCUT2D eigenvalue weighted by Gasteiger charge is -2.23. The summed E-state index contributed by atoms with van der Waals surface area (Å²) in [6.45, 7) is 2.20. The normalized spacial score (nSPS) is 12.9. The molecule has 178 valence electrons. The summed E-state index contributed by atoms with van der Waals surface area (Å²) >= 11 is 0. The Hall–Kier alpha value is -2.78. The highest BCUT2D eigenvalue weighted by molar-refractivity contribution is 5.80. The number of hydrogen-bond acceptors (Lipinski definition) is 6. The second-order valence-electron chi connectivity index (χ2n) is 9.40. The van der Waals surface area contributed by atoms with Crippen molar-refractivity contribution in [1.82, 2.24) is 0 Å². The summed E-state index contributed by atoms with van der Waals surface area (Å²) in [5.41, 5.74) is 2.81. The van der Waals surface area contributed by atoms with Gasteiger partial charge in [0.15, 0.2) is 0 Å². The van der Waals surface area contributed by atoms with Crippen LogP contribution >= 0.6 is 0 Å². The van der Waals surface area contributed by atoms with Gasteiger partial charge in [0.1, 0.15) is 25.3 Å². The highest BCUT2D eigenvalue weighted by Gasteiger charge is 2.17. The summed E-state index contributed by atoms with van der Waals surface area (Å²) in [7, 11) is 13.2. The fraction of sp³-hybridized carbons (Fsp3) is 0.417. The van der Waals surface area contributed by atoms with Gasteiger partial charge in [0.2, 0.25) is 0 Å². The van der Waals surface area contributed by atoms with Gasteiger partial charge in [-0.2, -0.15) is 0 Å². The Morgan fingerprint density at radius 3 is 1.09 bits per heavy atom.